The van der Waals surface area contributed by atoms with Gasteiger partial charge in [-0.3, -0.25) is 9.59 Å². The van der Waals surface area contributed by atoms with Crippen LogP contribution in [0.3, 0.4) is 0 Å². The molecule has 1 aliphatic rings. The van der Waals surface area contributed by atoms with E-state index in [0.717, 1.165) is 26.1 Å². The molecule has 6 nitrogen and oxygen atoms in total. The monoisotopic (exact) mass is 395 g/mol. The van der Waals surface area contributed by atoms with Crippen LogP contribution in [0, 0.1) is 0 Å². The summed E-state index contributed by atoms with van der Waals surface area (Å²) in [6, 6.07) is 13.8. The second-order valence-electron chi connectivity index (χ2n) is 7.24. The number of carbonyl (C=O) groups is 2. The van der Waals surface area contributed by atoms with Gasteiger partial charge in [-0.25, -0.2) is 4.98 Å². The van der Waals surface area contributed by atoms with Gasteiger partial charge in [0.1, 0.15) is 11.8 Å². The third-order valence-electron chi connectivity index (χ3n) is 5.54. The number of ketones is 1. The van der Waals surface area contributed by atoms with Crippen LogP contribution < -0.4 is 9.88 Å². The van der Waals surface area contributed by atoms with Crippen molar-refractivity contribution in [3.05, 3.63) is 71.6 Å². The van der Waals surface area contributed by atoms with E-state index in [-0.39, 0.29) is 11.3 Å². The van der Waals surface area contributed by atoms with Gasteiger partial charge < -0.3 is 14.9 Å². The topological polar surface area (TPSA) is 76.2 Å². The molecule has 1 fully saturated rings. The van der Waals surface area contributed by atoms with Crippen molar-refractivity contribution in [3.8, 4) is 0 Å². The summed E-state index contributed by atoms with van der Waals surface area (Å²) in [6.07, 6.45) is 2.55. The lowest BCUT2D eigenvalue weighted by Crippen LogP contribution is -3.11. The fourth-order valence-corrected chi connectivity index (χ4v) is 3.87. The molecular weight excluding hydrogens is 366 g/mol. The SMILES string of the molecule is CC[NH+](CC)CCCN1C(=O)C(=O)C(=C(O)c2ccccc2)C1c1cccc[nH+]1. The number of H-pyrrole nitrogens is 1. The minimum Gasteiger partial charge on any atom is -0.507 e. The maximum atomic E-state index is 12.9. The first-order valence-electron chi connectivity index (χ1n) is 10.2. The zero-order valence-corrected chi connectivity index (χ0v) is 17.0. The van der Waals surface area contributed by atoms with E-state index in [1.54, 1.807) is 35.4 Å². The number of benzene rings is 1. The number of quaternary nitrogens is 1. The van der Waals surface area contributed by atoms with Gasteiger partial charge in [-0.05, 0) is 13.8 Å². The van der Waals surface area contributed by atoms with Crippen LogP contribution in [-0.4, -0.2) is 47.9 Å². The molecule has 29 heavy (non-hydrogen) atoms. The van der Waals surface area contributed by atoms with E-state index in [2.05, 4.69) is 18.8 Å². The largest absolute Gasteiger partial charge is 0.507 e. The zero-order chi connectivity index (χ0) is 20.8. The molecule has 6 heteroatoms. The van der Waals surface area contributed by atoms with Crippen molar-refractivity contribution >= 4 is 17.4 Å². The number of aromatic amines is 1. The molecule has 1 aromatic carbocycles. The molecule has 0 saturated carbocycles. The van der Waals surface area contributed by atoms with Crippen LogP contribution in [0.25, 0.3) is 5.76 Å². The normalized spacial score (nSPS) is 18.6. The van der Waals surface area contributed by atoms with Crippen molar-refractivity contribution < 1.29 is 24.6 Å². The molecule has 1 saturated heterocycles. The number of amides is 1. The maximum absolute atomic E-state index is 12.9. The number of aliphatic hydroxyl groups is 1. The molecular formula is C23H29N3O3+2. The summed E-state index contributed by atoms with van der Waals surface area (Å²) in [7, 11) is 0. The van der Waals surface area contributed by atoms with Gasteiger partial charge in [0.15, 0.2) is 6.20 Å². The smallest absolute Gasteiger partial charge is 0.295 e. The predicted octanol–water partition coefficient (Wildman–Crippen LogP) is 1.24. The van der Waals surface area contributed by atoms with Crippen LogP contribution >= 0.6 is 0 Å². The standard InChI is InChI=1S/C23H27N3O3/c1-3-25(4-2)15-10-16-26-20(18-13-8-9-14-24-18)19(22(28)23(26)29)21(27)17-11-6-5-7-12-17/h5-9,11-14,20,27H,3-4,10,15-16H2,1-2H3/p+2. The number of pyridine rings is 1. The van der Waals surface area contributed by atoms with Gasteiger partial charge in [0.25, 0.3) is 11.7 Å². The lowest BCUT2D eigenvalue weighted by atomic mass is 9.98. The Hall–Kier alpha value is -2.99. The van der Waals surface area contributed by atoms with Crippen molar-refractivity contribution in [2.45, 2.75) is 26.3 Å². The quantitative estimate of drug-likeness (QED) is 0.401. The highest BCUT2D eigenvalue weighted by atomic mass is 16.3. The van der Waals surface area contributed by atoms with Gasteiger partial charge in [0.2, 0.25) is 5.69 Å². The van der Waals surface area contributed by atoms with Crippen molar-refractivity contribution in [3.63, 3.8) is 0 Å². The van der Waals surface area contributed by atoms with E-state index in [1.165, 1.54) is 4.90 Å². The van der Waals surface area contributed by atoms with Crippen LogP contribution in [0.5, 0.6) is 0 Å². The van der Waals surface area contributed by atoms with Crippen LogP contribution in [0.15, 0.2) is 60.3 Å². The molecule has 1 amide bonds. The van der Waals surface area contributed by atoms with Crippen LogP contribution in [0.1, 0.15) is 37.6 Å². The first-order chi connectivity index (χ1) is 14.1. The van der Waals surface area contributed by atoms with E-state index in [4.69, 9.17) is 0 Å². The maximum Gasteiger partial charge on any atom is 0.295 e. The number of nitrogens with one attached hydrogen (secondary N) is 2. The minimum absolute atomic E-state index is 0.136. The fourth-order valence-electron chi connectivity index (χ4n) is 3.87. The van der Waals surface area contributed by atoms with E-state index in [9.17, 15) is 14.7 Å². The molecule has 0 bridgehead atoms. The van der Waals surface area contributed by atoms with Gasteiger partial charge in [-0.2, -0.15) is 0 Å². The number of Topliss-reactive ketones (excluding diaryl/α,β-unsaturated/α-hetero) is 1. The second kappa shape index (κ2) is 9.47. The number of likely N-dealkylation sites (tertiary alicyclic amines) is 1. The molecule has 1 atom stereocenters. The Labute approximate surface area is 171 Å². The molecule has 2 heterocycles. The summed E-state index contributed by atoms with van der Waals surface area (Å²) in [4.78, 5) is 31.9. The summed E-state index contributed by atoms with van der Waals surface area (Å²) >= 11 is 0. The fraction of sp³-hybridized carbons (Fsp3) is 0.348. The third-order valence-corrected chi connectivity index (χ3v) is 5.54. The molecule has 0 aliphatic carbocycles. The van der Waals surface area contributed by atoms with Crippen molar-refractivity contribution in [2.75, 3.05) is 26.2 Å². The molecule has 0 spiro atoms. The van der Waals surface area contributed by atoms with Gasteiger partial charge in [-0.15, -0.1) is 0 Å². The lowest BCUT2D eigenvalue weighted by molar-refractivity contribution is -0.896. The number of nitrogens with zero attached hydrogens (tertiary/aromatic N) is 1. The molecule has 3 rings (SSSR count). The lowest BCUT2D eigenvalue weighted by Gasteiger charge is -2.23. The van der Waals surface area contributed by atoms with E-state index < -0.39 is 17.7 Å². The third kappa shape index (κ3) is 4.38. The Balaban J connectivity index is 1.98. The molecule has 2 aromatic rings. The van der Waals surface area contributed by atoms with Gasteiger partial charge in [0.05, 0.1) is 25.2 Å². The van der Waals surface area contributed by atoms with Crippen LogP contribution in [-0.2, 0) is 9.59 Å². The Morgan fingerprint density at radius 1 is 1.07 bits per heavy atom. The summed E-state index contributed by atoms with van der Waals surface area (Å²) in [5.74, 6) is -1.33. The number of aliphatic hydroxyl groups excluding tert-OH is 1. The molecule has 152 valence electrons. The van der Waals surface area contributed by atoms with Gasteiger partial charge in [-0.1, -0.05) is 36.4 Å². The second-order valence-corrected chi connectivity index (χ2v) is 7.24. The number of hydrogen-bond acceptors (Lipinski definition) is 3. The molecule has 3 N–H and O–H groups in total. The van der Waals surface area contributed by atoms with E-state index in [0.29, 0.717) is 17.8 Å². The van der Waals surface area contributed by atoms with Gasteiger partial charge in [0, 0.05) is 30.7 Å². The highest BCUT2D eigenvalue weighted by Gasteiger charge is 2.48. The summed E-state index contributed by atoms with van der Waals surface area (Å²) < 4.78 is 0. The first kappa shape index (κ1) is 20.7. The summed E-state index contributed by atoms with van der Waals surface area (Å²) in [5, 5.41) is 10.9. The van der Waals surface area contributed by atoms with Crippen molar-refractivity contribution in [1.29, 1.82) is 0 Å². The molecule has 1 aromatic heterocycles. The van der Waals surface area contributed by atoms with Crippen molar-refractivity contribution in [2.24, 2.45) is 0 Å². The Bertz CT molecular complexity index is 877. The number of rotatable bonds is 8. The van der Waals surface area contributed by atoms with E-state index in [1.807, 2.05) is 24.3 Å². The average Bonchev–Trinajstić information content (AvgIpc) is 3.02. The highest BCUT2D eigenvalue weighted by molar-refractivity contribution is 6.46. The molecule has 0 radical (unpaired) electrons. The Morgan fingerprint density at radius 3 is 2.38 bits per heavy atom. The first-order valence-corrected chi connectivity index (χ1v) is 10.2. The number of hydrogen-bond donors (Lipinski definition) is 2. The van der Waals surface area contributed by atoms with Crippen LogP contribution in [0.2, 0.25) is 0 Å². The number of aromatic nitrogens is 1. The van der Waals surface area contributed by atoms with Crippen LogP contribution in [0.4, 0.5) is 0 Å². The average molecular weight is 396 g/mol. The summed E-state index contributed by atoms with van der Waals surface area (Å²) in [6.45, 7) is 7.74. The molecule has 1 unspecified atom stereocenters. The van der Waals surface area contributed by atoms with E-state index >= 15 is 0 Å². The van der Waals surface area contributed by atoms with Crippen molar-refractivity contribution in [1.82, 2.24) is 4.90 Å². The summed E-state index contributed by atoms with van der Waals surface area (Å²) in [5.41, 5.74) is 1.37. The zero-order valence-electron chi connectivity index (χ0n) is 17.0. The highest BCUT2D eigenvalue weighted by Crippen LogP contribution is 2.37. The van der Waals surface area contributed by atoms with Gasteiger partial charge >= 0.3 is 0 Å². The Morgan fingerprint density at radius 2 is 1.76 bits per heavy atom. The minimum atomic E-state index is -0.635. The Kier molecular flexibility index (Phi) is 6.77. The predicted molar refractivity (Wildman–Crippen MR) is 110 cm³/mol. The number of carbonyl (C=O) groups excluding carboxylic acids is 2. The molecule has 1 aliphatic heterocycles.